The Morgan fingerprint density at radius 2 is 1.85 bits per heavy atom. The lowest BCUT2D eigenvalue weighted by molar-refractivity contribution is 0.120. The van der Waals surface area contributed by atoms with Crippen molar-refractivity contribution in [1.82, 2.24) is 10.2 Å². The molecule has 0 aliphatic carbocycles. The minimum absolute atomic E-state index is 0.0972. The van der Waals surface area contributed by atoms with Gasteiger partial charge >= 0.3 is 12.1 Å². The first kappa shape index (κ1) is 12.8. The number of carbonyl (C=O) groups excluding carboxylic acids is 1. The summed E-state index contributed by atoms with van der Waals surface area (Å²) in [6.45, 7) is 1.51. The van der Waals surface area contributed by atoms with Crippen LogP contribution in [0.3, 0.4) is 0 Å². The first-order chi connectivity index (χ1) is 9.62. The number of amides is 3. The molecule has 20 heavy (non-hydrogen) atoms. The second-order valence-electron chi connectivity index (χ2n) is 5.32. The Balaban J connectivity index is 1.86. The van der Waals surface area contributed by atoms with Gasteiger partial charge in [0.05, 0.1) is 5.54 Å². The third-order valence-electron chi connectivity index (χ3n) is 4.23. The van der Waals surface area contributed by atoms with Crippen molar-refractivity contribution in [2.24, 2.45) is 0 Å². The number of anilines is 1. The van der Waals surface area contributed by atoms with E-state index in [-0.39, 0.29) is 11.6 Å². The summed E-state index contributed by atoms with van der Waals surface area (Å²) < 4.78 is 0. The number of urea groups is 1. The van der Waals surface area contributed by atoms with Crippen molar-refractivity contribution in [3.05, 3.63) is 30.3 Å². The highest BCUT2D eigenvalue weighted by molar-refractivity contribution is 5.96. The maximum Gasteiger partial charge on any atom is 0.407 e. The number of nitrogens with zero attached hydrogens (tertiary/aromatic N) is 2. The van der Waals surface area contributed by atoms with E-state index < -0.39 is 6.09 Å². The lowest BCUT2D eigenvalue weighted by atomic mass is 9.86. The Bertz CT molecular complexity index is 524. The third-order valence-corrected chi connectivity index (χ3v) is 4.23. The minimum Gasteiger partial charge on any atom is -0.465 e. The van der Waals surface area contributed by atoms with E-state index in [1.807, 2.05) is 30.3 Å². The van der Waals surface area contributed by atoms with Gasteiger partial charge in [0.15, 0.2) is 0 Å². The number of piperidine rings is 1. The van der Waals surface area contributed by atoms with Gasteiger partial charge in [-0.05, 0) is 25.0 Å². The van der Waals surface area contributed by atoms with Gasteiger partial charge in [-0.15, -0.1) is 0 Å². The van der Waals surface area contributed by atoms with Crippen molar-refractivity contribution in [2.45, 2.75) is 18.4 Å². The lowest BCUT2D eigenvalue weighted by Gasteiger charge is -2.42. The van der Waals surface area contributed by atoms with E-state index in [0.717, 1.165) is 5.69 Å². The minimum atomic E-state index is -0.886. The number of benzene rings is 1. The maximum absolute atomic E-state index is 12.1. The Morgan fingerprint density at radius 3 is 2.45 bits per heavy atom. The lowest BCUT2D eigenvalue weighted by Crippen LogP contribution is -2.55. The van der Waals surface area contributed by atoms with Gasteiger partial charge in [0.25, 0.3) is 0 Å². The van der Waals surface area contributed by atoms with Crippen LogP contribution in [0.1, 0.15) is 12.8 Å². The van der Waals surface area contributed by atoms with Crippen LogP contribution < -0.4 is 10.2 Å². The summed E-state index contributed by atoms with van der Waals surface area (Å²) in [7, 11) is 0. The fraction of sp³-hybridized carbons (Fsp3) is 0.429. The molecule has 0 bridgehead atoms. The second-order valence-corrected chi connectivity index (χ2v) is 5.32. The number of hydrogen-bond acceptors (Lipinski definition) is 2. The van der Waals surface area contributed by atoms with Gasteiger partial charge in [0.1, 0.15) is 0 Å². The van der Waals surface area contributed by atoms with Crippen LogP contribution in [-0.2, 0) is 0 Å². The molecule has 0 saturated carbocycles. The predicted octanol–water partition coefficient (Wildman–Crippen LogP) is 1.73. The highest BCUT2D eigenvalue weighted by Crippen LogP contribution is 2.36. The summed E-state index contributed by atoms with van der Waals surface area (Å²) >= 11 is 0. The standard InChI is InChI=1S/C14H17N3O3/c18-12-15-10-14(6-8-16(9-7-14)13(19)20)17(12)11-4-2-1-3-5-11/h1-5H,6-10H2,(H,15,18)(H,19,20). The van der Waals surface area contributed by atoms with Gasteiger partial charge in [0, 0.05) is 25.3 Å². The van der Waals surface area contributed by atoms with Crippen molar-refractivity contribution < 1.29 is 14.7 Å². The predicted molar refractivity (Wildman–Crippen MR) is 73.9 cm³/mol. The number of rotatable bonds is 1. The molecule has 1 aromatic carbocycles. The second kappa shape index (κ2) is 4.70. The van der Waals surface area contributed by atoms with Crippen LogP contribution in [0, 0.1) is 0 Å². The molecule has 6 nitrogen and oxygen atoms in total. The molecule has 0 radical (unpaired) electrons. The van der Waals surface area contributed by atoms with Crippen LogP contribution in [0.5, 0.6) is 0 Å². The zero-order valence-electron chi connectivity index (χ0n) is 11.1. The molecule has 3 amide bonds. The van der Waals surface area contributed by atoms with Crippen molar-refractivity contribution in [1.29, 1.82) is 0 Å². The molecule has 3 rings (SSSR count). The molecule has 106 valence electrons. The number of nitrogens with one attached hydrogen (secondary N) is 1. The van der Waals surface area contributed by atoms with Crippen LogP contribution in [0.2, 0.25) is 0 Å². The summed E-state index contributed by atoms with van der Waals surface area (Å²) in [6, 6.07) is 9.45. The van der Waals surface area contributed by atoms with Gasteiger partial charge in [-0.1, -0.05) is 18.2 Å². The van der Waals surface area contributed by atoms with E-state index in [9.17, 15) is 9.59 Å². The van der Waals surface area contributed by atoms with Crippen LogP contribution in [0.4, 0.5) is 15.3 Å². The Hall–Kier alpha value is -2.24. The highest BCUT2D eigenvalue weighted by atomic mass is 16.4. The first-order valence-electron chi connectivity index (χ1n) is 6.73. The van der Waals surface area contributed by atoms with Gasteiger partial charge in [0.2, 0.25) is 0 Å². The molecule has 0 aromatic heterocycles. The van der Waals surface area contributed by atoms with Crippen LogP contribution in [-0.4, -0.2) is 47.3 Å². The van der Waals surface area contributed by atoms with Gasteiger partial charge in [-0.2, -0.15) is 0 Å². The molecule has 2 saturated heterocycles. The Labute approximate surface area is 117 Å². The third kappa shape index (κ3) is 1.97. The molecule has 2 fully saturated rings. The highest BCUT2D eigenvalue weighted by Gasteiger charge is 2.48. The Morgan fingerprint density at radius 1 is 1.20 bits per heavy atom. The summed E-state index contributed by atoms with van der Waals surface area (Å²) in [5.41, 5.74) is 0.566. The molecule has 0 unspecified atom stereocenters. The van der Waals surface area contributed by atoms with E-state index >= 15 is 0 Å². The molecule has 1 spiro atoms. The maximum atomic E-state index is 12.1. The van der Waals surface area contributed by atoms with Crippen molar-refractivity contribution in [3.8, 4) is 0 Å². The van der Waals surface area contributed by atoms with Gasteiger partial charge in [-0.3, -0.25) is 4.90 Å². The quantitative estimate of drug-likeness (QED) is 0.819. The van der Waals surface area contributed by atoms with Gasteiger partial charge < -0.3 is 15.3 Å². The van der Waals surface area contributed by atoms with Crippen LogP contribution >= 0.6 is 0 Å². The van der Waals surface area contributed by atoms with Crippen molar-refractivity contribution in [3.63, 3.8) is 0 Å². The summed E-state index contributed by atoms with van der Waals surface area (Å²) in [6.07, 6.45) is 0.434. The van der Waals surface area contributed by atoms with Gasteiger partial charge in [-0.25, -0.2) is 9.59 Å². The summed E-state index contributed by atoms with van der Waals surface area (Å²) in [5, 5.41) is 11.9. The van der Waals surface area contributed by atoms with Crippen LogP contribution in [0.15, 0.2) is 30.3 Å². The summed E-state index contributed by atoms with van der Waals surface area (Å²) in [5.74, 6) is 0. The molecular weight excluding hydrogens is 258 g/mol. The normalized spacial score (nSPS) is 21.1. The number of para-hydroxylation sites is 1. The monoisotopic (exact) mass is 275 g/mol. The molecule has 0 atom stereocenters. The SMILES string of the molecule is O=C(O)N1CCC2(CC1)CNC(=O)N2c1ccccc1. The Kier molecular flexibility index (Phi) is 3.00. The number of carbonyl (C=O) groups is 2. The van der Waals surface area contributed by atoms with E-state index in [4.69, 9.17) is 5.11 Å². The fourth-order valence-corrected chi connectivity index (χ4v) is 3.10. The average molecular weight is 275 g/mol. The van der Waals surface area contributed by atoms with E-state index in [1.165, 1.54) is 4.90 Å². The van der Waals surface area contributed by atoms with Crippen LogP contribution in [0.25, 0.3) is 0 Å². The summed E-state index contributed by atoms with van der Waals surface area (Å²) in [4.78, 5) is 26.4. The zero-order chi connectivity index (χ0) is 14.2. The number of likely N-dealkylation sites (tertiary alicyclic amines) is 1. The van der Waals surface area contributed by atoms with E-state index in [2.05, 4.69) is 5.32 Å². The smallest absolute Gasteiger partial charge is 0.407 e. The molecule has 2 N–H and O–H groups in total. The zero-order valence-corrected chi connectivity index (χ0v) is 11.1. The van der Waals surface area contributed by atoms with Crippen molar-refractivity contribution >= 4 is 17.8 Å². The van der Waals surface area contributed by atoms with E-state index in [0.29, 0.717) is 32.5 Å². The number of carboxylic acid groups (broad SMARTS) is 1. The molecule has 2 heterocycles. The molecular formula is C14H17N3O3. The average Bonchev–Trinajstić information content (AvgIpc) is 2.77. The fourth-order valence-electron chi connectivity index (χ4n) is 3.10. The molecule has 2 aliphatic heterocycles. The largest absolute Gasteiger partial charge is 0.465 e. The van der Waals surface area contributed by atoms with E-state index in [1.54, 1.807) is 4.90 Å². The molecule has 1 aromatic rings. The molecule has 6 heteroatoms. The first-order valence-corrected chi connectivity index (χ1v) is 6.73. The number of hydrogen-bond donors (Lipinski definition) is 2. The van der Waals surface area contributed by atoms with Crippen molar-refractivity contribution in [2.75, 3.05) is 24.5 Å². The molecule has 2 aliphatic rings. The topological polar surface area (TPSA) is 72.9 Å².